The average molecular weight is 469 g/mol. The van der Waals surface area contributed by atoms with Crippen LogP contribution in [-0.4, -0.2) is 32.8 Å². The number of hydrogen-bond donors (Lipinski definition) is 0. The molecule has 0 aromatic carbocycles. The Labute approximate surface area is 196 Å². The second-order valence-corrected chi connectivity index (χ2v) is 9.91. The first kappa shape index (κ1) is 22.4. The summed E-state index contributed by atoms with van der Waals surface area (Å²) in [6, 6.07) is 5.61. The molecule has 2 saturated heterocycles. The summed E-state index contributed by atoms with van der Waals surface area (Å²) in [6.45, 7) is 5.90. The van der Waals surface area contributed by atoms with Gasteiger partial charge in [0.2, 0.25) is 0 Å². The molecule has 4 heterocycles. The summed E-state index contributed by atoms with van der Waals surface area (Å²) >= 11 is 6.68. The molecule has 2 aromatic heterocycles. The van der Waals surface area contributed by atoms with Crippen molar-refractivity contribution in [2.75, 3.05) is 18.0 Å². The number of aromatic nitrogens is 1. The number of rotatable bonds is 4. The highest BCUT2D eigenvalue weighted by Crippen LogP contribution is 2.37. The van der Waals surface area contributed by atoms with Gasteiger partial charge in [-0.15, -0.1) is 0 Å². The SMILES string of the molecule is Cc1c(/C=C2\SC(=S)N(Cc3ccco3)C2=O)c(N2CCC(C)CC2)n(C)c(=O)c1C#N. The van der Waals surface area contributed by atoms with E-state index in [4.69, 9.17) is 16.6 Å². The Morgan fingerprint density at radius 2 is 2.06 bits per heavy atom. The van der Waals surface area contributed by atoms with Crippen LogP contribution in [0.15, 0.2) is 32.5 Å². The molecular weight excluding hydrogens is 444 g/mol. The predicted octanol–water partition coefficient (Wildman–Crippen LogP) is 3.80. The van der Waals surface area contributed by atoms with E-state index in [2.05, 4.69) is 11.8 Å². The predicted molar refractivity (Wildman–Crippen MR) is 129 cm³/mol. The molecule has 7 nitrogen and oxygen atoms in total. The fraction of sp³-hybridized carbons (Fsp3) is 0.391. The Morgan fingerprint density at radius 1 is 1.34 bits per heavy atom. The van der Waals surface area contributed by atoms with Crippen molar-refractivity contribution in [3.8, 4) is 6.07 Å². The van der Waals surface area contributed by atoms with Gasteiger partial charge in [0.1, 0.15) is 27.5 Å². The summed E-state index contributed by atoms with van der Waals surface area (Å²) in [4.78, 5) is 30.2. The zero-order valence-electron chi connectivity index (χ0n) is 18.3. The second-order valence-electron chi connectivity index (χ2n) is 8.23. The van der Waals surface area contributed by atoms with Crippen LogP contribution in [-0.2, 0) is 18.4 Å². The van der Waals surface area contributed by atoms with Gasteiger partial charge in [-0.2, -0.15) is 5.26 Å². The summed E-state index contributed by atoms with van der Waals surface area (Å²) < 4.78 is 7.36. The zero-order chi connectivity index (χ0) is 23.0. The number of piperidine rings is 1. The first-order valence-electron chi connectivity index (χ1n) is 10.5. The van der Waals surface area contributed by atoms with Gasteiger partial charge >= 0.3 is 0 Å². The highest BCUT2D eigenvalue weighted by Gasteiger charge is 2.34. The minimum Gasteiger partial charge on any atom is -0.467 e. The zero-order valence-corrected chi connectivity index (χ0v) is 19.9. The van der Waals surface area contributed by atoms with Crippen LogP contribution >= 0.6 is 24.0 Å². The molecule has 0 unspecified atom stereocenters. The van der Waals surface area contributed by atoms with Crippen molar-refractivity contribution >= 4 is 46.1 Å². The minimum absolute atomic E-state index is 0.0962. The van der Waals surface area contributed by atoms with Crippen LogP contribution in [0.2, 0.25) is 0 Å². The topological polar surface area (TPSA) is 82.5 Å². The van der Waals surface area contributed by atoms with E-state index < -0.39 is 0 Å². The molecule has 4 rings (SSSR count). The molecule has 0 radical (unpaired) electrons. The smallest absolute Gasteiger partial charge is 0.270 e. The lowest BCUT2D eigenvalue weighted by molar-refractivity contribution is -0.122. The lowest BCUT2D eigenvalue weighted by Crippen LogP contribution is -2.38. The van der Waals surface area contributed by atoms with Crippen molar-refractivity contribution < 1.29 is 9.21 Å². The van der Waals surface area contributed by atoms with Crippen molar-refractivity contribution in [2.24, 2.45) is 13.0 Å². The summed E-state index contributed by atoms with van der Waals surface area (Å²) in [6.07, 6.45) is 5.39. The standard InChI is InChI=1S/C23H24N4O3S2/c1-14-6-8-26(9-7-14)20-17(15(2)18(12-24)21(28)25(20)3)11-19-22(29)27(23(31)32-19)13-16-5-4-10-30-16/h4-5,10-11,14H,6-9,13H2,1-3H3/b19-11-. The van der Waals surface area contributed by atoms with Gasteiger partial charge in [-0.1, -0.05) is 30.9 Å². The Morgan fingerprint density at radius 3 is 2.69 bits per heavy atom. The summed E-state index contributed by atoms with van der Waals surface area (Å²) in [7, 11) is 1.69. The van der Waals surface area contributed by atoms with Crippen LogP contribution in [0, 0.1) is 24.2 Å². The highest BCUT2D eigenvalue weighted by molar-refractivity contribution is 8.26. The third kappa shape index (κ3) is 4.00. The van der Waals surface area contributed by atoms with Crippen LogP contribution in [0.3, 0.4) is 0 Å². The number of amides is 1. The maximum atomic E-state index is 13.2. The first-order valence-corrected chi connectivity index (χ1v) is 11.7. The summed E-state index contributed by atoms with van der Waals surface area (Å²) in [5.41, 5.74) is 1.08. The molecule has 2 aromatic rings. The van der Waals surface area contributed by atoms with Crippen LogP contribution in [0.5, 0.6) is 0 Å². The number of nitrogens with zero attached hydrogens (tertiary/aromatic N) is 4. The Kier molecular flexibility index (Phi) is 6.26. The normalized spacial score (nSPS) is 18.6. The van der Waals surface area contributed by atoms with Crippen molar-refractivity contribution in [3.63, 3.8) is 0 Å². The number of hydrogen-bond acceptors (Lipinski definition) is 7. The Hall–Kier alpha value is -2.83. The van der Waals surface area contributed by atoms with Crippen LogP contribution in [0.1, 0.15) is 42.2 Å². The monoisotopic (exact) mass is 468 g/mol. The molecule has 0 aliphatic carbocycles. The van der Waals surface area contributed by atoms with E-state index in [0.29, 0.717) is 26.5 Å². The Balaban J connectivity index is 1.79. The van der Waals surface area contributed by atoms with Gasteiger partial charge < -0.3 is 9.32 Å². The average Bonchev–Trinajstić information content (AvgIpc) is 3.38. The number of carbonyl (C=O) groups excluding carboxylic acids is 1. The lowest BCUT2D eigenvalue weighted by Gasteiger charge is -2.34. The number of pyridine rings is 1. The van der Waals surface area contributed by atoms with E-state index in [9.17, 15) is 14.9 Å². The summed E-state index contributed by atoms with van der Waals surface area (Å²) in [5.74, 6) is 1.82. The fourth-order valence-corrected chi connectivity index (χ4v) is 5.38. The maximum Gasteiger partial charge on any atom is 0.270 e. The van der Waals surface area contributed by atoms with Crippen molar-refractivity contribution in [2.45, 2.75) is 33.2 Å². The van der Waals surface area contributed by atoms with Gasteiger partial charge in [-0.3, -0.25) is 19.1 Å². The molecule has 0 spiro atoms. The molecule has 166 valence electrons. The molecule has 0 saturated carbocycles. The number of nitriles is 1. The Bertz CT molecular complexity index is 1200. The highest BCUT2D eigenvalue weighted by atomic mass is 32.2. The number of carbonyl (C=O) groups is 1. The van der Waals surface area contributed by atoms with Crippen molar-refractivity contribution in [3.05, 3.63) is 56.1 Å². The minimum atomic E-state index is -0.318. The van der Waals surface area contributed by atoms with Gasteiger partial charge in [0.15, 0.2) is 0 Å². The third-order valence-electron chi connectivity index (χ3n) is 6.09. The van der Waals surface area contributed by atoms with E-state index in [1.807, 2.05) is 6.07 Å². The van der Waals surface area contributed by atoms with Gasteiger partial charge in [0.25, 0.3) is 11.5 Å². The van der Waals surface area contributed by atoms with Gasteiger partial charge in [0.05, 0.1) is 17.7 Å². The molecule has 0 atom stereocenters. The van der Waals surface area contributed by atoms with Crippen molar-refractivity contribution in [1.82, 2.24) is 9.47 Å². The van der Waals surface area contributed by atoms with E-state index >= 15 is 0 Å². The second kappa shape index (κ2) is 8.96. The molecule has 2 fully saturated rings. The number of thioether (sulfide) groups is 1. The number of furan rings is 1. The van der Waals surface area contributed by atoms with Gasteiger partial charge in [-0.25, -0.2) is 0 Å². The molecule has 2 aliphatic rings. The summed E-state index contributed by atoms with van der Waals surface area (Å²) in [5, 5.41) is 9.62. The van der Waals surface area contributed by atoms with Crippen LogP contribution < -0.4 is 10.5 Å². The molecule has 2 aliphatic heterocycles. The lowest BCUT2D eigenvalue weighted by atomic mass is 9.97. The van der Waals surface area contributed by atoms with Crippen LogP contribution in [0.25, 0.3) is 6.08 Å². The molecule has 32 heavy (non-hydrogen) atoms. The van der Waals surface area contributed by atoms with E-state index in [1.54, 1.807) is 38.4 Å². The van der Waals surface area contributed by atoms with Gasteiger partial charge in [-0.05, 0) is 49.5 Å². The molecule has 0 bridgehead atoms. The van der Waals surface area contributed by atoms with E-state index in [1.165, 1.54) is 21.2 Å². The number of anilines is 1. The molecule has 0 N–H and O–H groups in total. The van der Waals surface area contributed by atoms with E-state index in [-0.39, 0.29) is 23.6 Å². The third-order valence-corrected chi connectivity index (χ3v) is 7.47. The first-order chi connectivity index (χ1) is 15.3. The largest absolute Gasteiger partial charge is 0.467 e. The van der Waals surface area contributed by atoms with Crippen LogP contribution in [0.4, 0.5) is 5.82 Å². The molecule has 1 amide bonds. The fourth-order valence-electron chi connectivity index (χ4n) is 4.14. The quantitative estimate of drug-likeness (QED) is 0.499. The maximum absolute atomic E-state index is 13.2. The number of thiocarbonyl (C=S) groups is 1. The van der Waals surface area contributed by atoms with Crippen molar-refractivity contribution in [1.29, 1.82) is 5.26 Å². The van der Waals surface area contributed by atoms with Gasteiger partial charge in [0, 0.05) is 25.7 Å². The molecular formula is C23H24N4O3S2. The van der Waals surface area contributed by atoms with E-state index in [0.717, 1.165) is 37.3 Å². The molecule has 9 heteroatoms.